The first-order valence-corrected chi connectivity index (χ1v) is 7.96. The van der Waals surface area contributed by atoms with E-state index >= 15 is 0 Å². The minimum absolute atomic E-state index is 0.166. The van der Waals surface area contributed by atoms with E-state index in [4.69, 9.17) is 4.74 Å². The van der Waals surface area contributed by atoms with Crippen LogP contribution in [-0.4, -0.2) is 35.7 Å². The van der Waals surface area contributed by atoms with E-state index in [1.54, 1.807) is 31.4 Å². The average Bonchev–Trinajstić information content (AvgIpc) is 3.02. The Balaban J connectivity index is 2.04. The summed E-state index contributed by atoms with van der Waals surface area (Å²) in [4.78, 5) is 24.1. The molecule has 0 spiro atoms. The molecule has 0 atom stereocenters. The van der Waals surface area contributed by atoms with Crippen molar-refractivity contribution >= 4 is 28.8 Å². The molecule has 0 saturated heterocycles. The van der Waals surface area contributed by atoms with Crippen LogP contribution in [0.2, 0.25) is 0 Å². The summed E-state index contributed by atoms with van der Waals surface area (Å²) in [6, 6.07) is 6.75. The lowest BCUT2D eigenvalue weighted by molar-refractivity contribution is 0.0952. The van der Waals surface area contributed by atoms with Crippen LogP contribution in [0.15, 0.2) is 24.3 Å². The van der Waals surface area contributed by atoms with Gasteiger partial charge in [-0.05, 0) is 24.6 Å². The molecule has 0 aliphatic carbocycles. The molecule has 0 aliphatic heterocycles. The second kappa shape index (κ2) is 8.35. The van der Waals surface area contributed by atoms with Crippen LogP contribution in [0.3, 0.4) is 0 Å². The maximum atomic E-state index is 12.1. The van der Waals surface area contributed by atoms with E-state index in [0.717, 1.165) is 6.42 Å². The molecule has 0 aliphatic rings. The maximum Gasteiger partial charge on any atom is 0.286 e. The number of anilines is 1. The Morgan fingerprint density at radius 3 is 2.83 bits per heavy atom. The van der Waals surface area contributed by atoms with Crippen LogP contribution in [0.1, 0.15) is 38.5 Å². The minimum atomic E-state index is -0.365. The molecule has 0 fully saturated rings. The van der Waals surface area contributed by atoms with Crippen molar-refractivity contribution in [3.8, 4) is 0 Å². The summed E-state index contributed by atoms with van der Waals surface area (Å²) in [6.45, 7) is 2.91. The number of hydrogen-bond donors (Lipinski definition) is 2. The Bertz CT molecular complexity index is 687. The molecule has 1 aromatic heterocycles. The highest BCUT2D eigenvalue weighted by Crippen LogP contribution is 2.15. The van der Waals surface area contributed by atoms with Crippen LogP contribution in [0, 0.1) is 0 Å². The standard InChI is InChI=1S/C15H18N4O3S/c1-3-7-16-13(20)10-5-4-6-11(8-10)17-14(21)15-19-18-12(23-15)9-22-2/h4-6,8H,3,7,9H2,1-2H3,(H,16,20)(H,17,21). The molecule has 2 N–H and O–H groups in total. The monoisotopic (exact) mass is 334 g/mol. The number of hydrogen-bond acceptors (Lipinski definition) is 6. The van der Waals surface area contributed by atoms with Crippen molar-refractivity contribution in [1.82, 2.24) is 15.5 Å². The van der Waals surface area contributed by atoms with Gasteiger partial charge < -0.3 is 15.4 Å². The van der Waals surface area contributed by atoms with E-state index in [9.17, 15) is 9.59 Å². The lowest BCUT2D eigenvalue weighted by atomic mass is 10.2. The Hall–Kier alpha value is -2.32. The predicted molar refractivity (Wildman–Crippen MR) is 87.6 cm³/mol. The predicted octanol–water partition coefficient (Wildman–Crippen LogP) is 2.08. The zero-order chi connectivity index (χ0) is 16.7. The molecule has 2 amide bonds. The number of rotatable bonds is 7. The van der Waals surface area contributed by atoms with Gasteiger partial charge in [-0.1, -0.05) is 24.3 Å². The van der Waals surface area contributed by atoms with Crippen molar-refractivity contribution < 1.29 is 14.3 Å². The van der Waals surface area contributed by atoms with Crippen LogP contribution in [0.4, 0.5) is 5.69 Å². The van der Waals surface area contributed by atoms with Gasteiger partial charge in [0, 0.05) is 24.9 Å². The Kier molecular flexibility index (Phi) is 6.19. The van der Waals surface area contributed by atoms with Gasteiger partial charge in [0.2, 0.25) is 5.01 Å². The second-order valence-corrected chi connectivity index (χ2v) is 5.79. The first kappa shape index (κ1) is 17.0. The number of carbonyl (C=O) groups is 2. The fourth-order valence-corrected chi connectivity index (χ4v) is 2.50. The molecule has 7 nitrogen and oxygen atoms in total. The van der Waals surface area contributed by atoms with Gasteiger partial charge in [0.25, 0.3) is 11.8 Å². The number of amides is 2. The van der Waals surface area contributed by atoms with Gasteiger partial charge in [-0.25, -0.2) is 0 Å². The van der Waals surface area contributed by atoms with Crippen molar-refractivity contribution in [1.29, 1.82) is 0 Å². The van der Waals surface area contributed by atoms with Gasteiger partial charge in [-0.3, -0.25) is 9.59 Å². The van der Waals surface area contributed by atoms with E-state index < -0.39 is 0 Å². The van der Waals surface area contributed by atoms with Crippen molar-refractivity contribution in [3.05, 3.63) is 39.8 Å². The van der Waals surface area contributed by atoms with Gasteiger partial charge in [0.1, 0.15) is 5.01 Å². The molecule has 1 aromatic carbocycles. The number of nitrogens with zero attached hydrogens (tertiary/aromatic N) is 2. The third kappa shape index (κ3) is 4.83. The molecule has 2 aromatic rings. The van der Waals surface area contributed by atoms with Crippen LogP contribution in [0.25, 0.3) is 0 Å². The van der Waals surface area contributed by atoms with Crippen LogP contribution >= 0.6 is 11.3 Å². The number of nitrogens with one attached hydrogen (secondary N) is 2. The largest absolute Gasteiger partial charge is 0.377 e. The van der Waals surface area contributed by atoms with Crippen LogP contribution in [-0.2, 0) is 11.3 Å². The highest BCUT2D eigenvalue weighted by Gasteiger charge is 2.14. The first-order chi connectivity index (χ1) is 11.1. The van der Waals surface area contributed by atoms with Crippen LogP contribution in [0.5, 0.6) is 0 Å². The molecule has 8 heteroatoms. The van der Waals surface area contributed by atoms with Crippen LogP contribution < -0.4 is 10.6 Å². The topological polar surface area (TPSA) is 93.2 Å². The molecular formula is C15H18N4O3S. The zero-order valence-corrected chi connectivity index (χ0v) is 13.8. The number of methoxy groups -OCH3 is 1. The fourth-order valence-electron chi connectivity index (χ4n) is 1.79. The van der Waals surface area contributed by atoms with E-state index in [0.29, 0.717) is 29.4 Å². The van der Waals surface area contributed by atoms with Gasteiger partial charge in [0.15, 0.2) is 0 Å². The summed E-state index contributed by atoms with van der Waals surface area (Å²) in [5, 5.41) is 14.1. The summed E-state index contributed by atoms with van der Waals surface area (Å²) in [7, 11) is 1.55. The number of benzene rings is 1. The zero-order valence-electron chi connectivity index (χ0n) is 13.0. The molecule has 122 valence electrons. The van der Waals surface area contributed by atoms with Gasteiger partial charge in [-0.15, -0.1) is 10.2 Å². The molecule has 0 bridgehead atoms. The minimum Gasteiger partial charge on any atom is -0.377 e. The lowest BCUT2D eigenvalue weighted by Gasteiger charge is -2.06. The van der Waals surface area contributed by atoms with E-state index in [1.807, 2.05) is 6.92 Å². The third-order valence-electron chi connectivity index (χ3n) is 2.85. The van der Waals surface area contributed by atoms with Crippen molar-refractivity contribution in [2.24, 2.45) is 0 Å². The summed E-state index contributed by atoms with van der Waals surface area (Å²) < 4.78 is 4.95. The van der Waals surface area contributed by atoms with E-state index in [1.165, 1.54) is 11.3 Å². The van der Waals surface area contributed by atoms with Crippen molar-refractivity contribution in [2.75, 3.05) is 19.0 Å². The molecule has 1 heterocycles. The van der Waals surface area contributed by atoms with Gasteiger partial charge >= 0.3 is 0 Å². The first-order valence-electron chi connectivity index (χ1n) is 7.15. The highest BCUT2D eigenvalue weighted by atomic mass is 32.1. The van der Waals surface area contributed by atoms with Gasteiger partial charge in [0.05, 0.1) is 6.61 Å². The van der Waals surface area contributed by atoms with Gasteiger partial charge in [-0.2, -0.15) is 0 Å². The second-order valence-electron chi connectivity index (χ2n) is 4.72. The molecule has 0 radical (unpaired) electrons. The van der Waals surface area contributed by atoms with E-state index in [-0.39, 0.29) is 16.8 Å². The summed E-state index contributed by atoms with van der Waals surface area (Å²) in [5.74, 6) is -0.530. The van der Waals surface area contributed by atoms with E-state index in [2.05, 4.69) is 20.8 Å². The normalized spacial score (nSPS) is 10.3. The summed E-state index contributed by atoms with van der Waals surface area (Å²) in [6.07, 6.45) is 0.864. The Morgan fingerprint density at radius 1 is 1.26 bits per heavy atom. The molecule has 0 unspecified atom stereocenters. The number of ether oxygens (including phenoxy) is 1. The Labute approximate surface area is 138 Å². The SMILES string of the molecule is CCCNC(=O)c1cccc(NC(=O)c2nnc(COC)s2)c1. The lowest BCUT2D eigenvalue weighted by Crippen LogP contribution is -2.24. The summed E-state index contributed by atoms with van der Waals surface area (Å²) >= 11 is 1.17. The maximum absolute atomic E-state index is 12.1. The third-order valence-corrected chi connectivity index (χ3v) is 3.74. The number of carbonyl (C=O) groups excluding carboxylic acids is 2. The smallest absolute Gasteiger partial charge is 0.286 e. The quantitative estimate of drug-likeness (QED) is 0.808. The number of aromatic nitrogens is 2. The summed E-state index contributed by atoms with van der Waals surface area (Å²) in [5.41, 5.74) is 1.02. The fraction of sp³-hybridized carbons (Fsp3) is 0.333. The highest BCUT2D eigenvalue weighted by molar-refractivity contribution is 7.13. The molecule has 23 heavy (non-hydrogen) atoms. The molecular weight excluding hydrogens is 316 g/mol. The van der Waals surface area contributed by atoms with Crippen molar-refractivity contribution in [2.45, 2.75) is 20.0 Å². The van der Waals surface area contributed by atoms with Crippen molar-refractivity contribution in [3.63, 3.8) is 0 Å². The molecule has 0 saturated carbocycles. The average molecular weight is 334 g/mol. The molecule has 2 rings (SSSR count). The Morgan fingerprint density at radius 2 is 2.09 bits per heavy atom.